The number of piperidine rings is 1. The summed E-state index contributed by atoms with van der Waals surface area (Å²) in [5.74, 6) is -1.07. The lowest BCUT2D eigenvalue weighted by Gasteiger charge is -2.35. The van der Waals surface area contributed by atoms with E-state index in [1.807, 2.05) is 38.1 Å². The molecule has 1 aliphatic heterocycles. The molecule has 0 aliphatic carbocycles. The molecule has 0 bridgehead atoms. The third kappa shape index (κ3) is 3.00. The van der Waals surface area contributed by atoms with Crippen molar-refractivity contribution >= 4 is 11.9 Å². The first-order valence-corrected chi connectivity index (χ1v) is 7.12. The molecule has 0 radical (unpaired) electrons. The molecular weight excluding hydrogens is 254 g/mol. The topological polar surface area (TPSA) is 57.6 Å². The van der Waals surface area contributed by atoms with Gasteiger partial charge >= 0.3 is 5.97 Å². The number of hydrogen-bond acceptors (Lipinski definition) is 2. The van der Waals surface area contributed by atoms with Crippen LogP contribution in [0.2, 0.25) is 0 Å². The van der Waals surface area contributed by atoms with E-state index in [9.17, 15) is 14.7 Å². The van der Waals surface area contributed by atoms with Gasteiger partial charge in [0.05, 0.1) is 5.92 Å². The van der Waals surface area contributed by atoms with E-state index in [1.165, 1.54) is 0 Å². The van der Waals surface area contributed by atoms with Crippen LogP contribution >= 0.6 is 0 Å². The number of carbonyl (C=O) groups is 2. The van der Waals surface area contributed by atoms with Crippen LogP contribution in [0, 0.1) is 11.8 Å². The van der Waals surface area contributed by atoms with Gasteiger partial charge in [-0.3, -0.25) is 9.59 Å². The third-order valence-electron chi connectivity index (χ3n) is 3.92. The molecular formula is C16H21NO3. The number of amides is 1. The van der Waals surface area contributed by atoms with Gasteiger partial charge in [-0.2, -0.15) is 0 Å². The number of benzene rings is 1. The molecule has 2 atom stereocenters. The Labute approximate surface area is 119 Å². The van der Waals surface area contributed by atoms with Gasteiger partial charge in [-0.1, -0.05) is 32.0 Å². The lowest BCUT2D eigenvalue weighted by molar-refractivity contribution is -0.143. The van der Waals surface area contributed by atoms with E-state index in [0.29, 0.717) is 25.1 Å². The Balaban J connectivity index is 2.21. The second kappa shape index (κ2) is 6.07. The molecule has 0 saturated carbocycles. The van der Waals surface area contributed by atoms with E-state index < -0.39 is 11.9 Å². The van der Waals surface area contributed by atoms with Crippen molar-refractivity contribution in [2.75, 3.05) is 13.1 Å². The molecule has 1 fully saturated rings. The van der Waals surface area contributed by atoms with Gasteiger partial charge in [0.1, 0.15) is 0 Å². The van der Waals surface area contributed by atoms with E-state index >= 15 is 0 Å². The monoisotopic (exact) mass is 275 g/mol. The van der Waals surface area contributed by atoms with Crippen LogP contribution in [0.25, 0.3) is 0 Å². The van der Waals surface area contributed by atoms with Crippen molar-refractivity contribution in [2.24, 2.45) is 11.8 Å². The lowest BCUT2D eigenvalue weighted by Crippen LogP contribution is -2.45. The highest BCUT2D eigenvalue weighted by Gasteiger charge is 2.32. The normalized spacial score (nSPS) is 22.6. The molecule has 1 saturated heterocycles. The summed E-state index contributed by atoms with van der Waals surface area (Å²) < 4.78 is 0. The van der Waals surface area contributed by atoms with Crippen molar-refractivity contribution in [3.8, 4) is 0 Å². The van der Waals surface area contributed by atoms with Crippen molar-refractivity contribution in [2.45, 2.75) is 26.7 Å². The second-order valence-electron chi connectivity index (χ2n) is 5.60. The number of nitrogens with zero attached hydrogens (tertiary/aromatic N) is 1. The minimum absolute atomic E-state index is 0.0414. The van der Waals surface area contributed by atoms with Crippen molar-refractivity contribution < 1.29 is 14.7 Å². The molecule has 4 heteroatoms. The van der Waals surface area contributed by atoms with Gasteiger partial charge in [-0.25, -0.2) is 0 Å². The number of rotatable bonds is 3. The number of aliphatic carboxylic acids is 1. The highest BCUT2D eigenvalue weighted by molar-refractivity contribution is 5.96. The van der Waals surface area contributed by atoms with Crippen molar-refractivity contribution in [3.63, 3.8) is 0 Å². The maximum atomic E-state index is 12.6. The number of carbonyl (C=O) groups excluding carboxylic acids is 1. The summed E-state index contributed by atoms with van der Waals surface area (Å²) in [5.41, 5.74) is 1.72. The standard InChI is InChI=1S/C16H21NO3/c1-3-12-6-4-5-7-14(12)15(18)17-9-11(2)8-13(10-17)16(19)20/h4-7,11,13H,3,8-10H2,1-2H3,(H,19,20). The fraction of sp³-hybridized carbons (Fsp3) is 0.500. The van der Waals surface area contributed by atoms with Crippen LogP contribution in [-0.2, 0) is 11.2 Å². The first kappa shape index (κ1) is 14.6. The fourth-order valence-corrected chi connectivity index (χ4v) is 2.90. The Bertz CT molecular complexity index is 512. The molecule has 1 aromatic carbocycles. The second-order valence-corrected chi connectivity index (χ2v) is 5.60. The van der Waals surface area contributed by atoms with Gasteiger partial charge in [-0.05, 0) is 30.4 Å². The molecule has 1 aromatic rings. The summed E-state index contributed by atoms with van der Waals surface area (Å²) in [6, 6.07) is 7.56. The largest absolute Gasteiger partial charge is 0.481 e. The Morgan fingerprint density at radius 2 is 2.00 bits per heavy atom. The summed E-state index contributed by atoms with van der Waals surface area (Å²) in [4.78, 5) is 25.5. The predicted molar refractivity (Wildman–Crippen MR) is 76.6 cm³/mol. The number of likely N-dealkylation sites (tertiary alicyclic amines) is 1. The Morgan fingerprint density at radius 1 is 1.30 bits per heavy atom. The Kier molecular flexibility index (Phi) is 4.42. The lowest BCUT2D eigenvalue weighted by atomic mass is 9.90. The van der Waals surface area contributed by atoms with Crippen LogP contribution in [0.15, 0.2) is 24.3 Å². The zero-order valence-electron chi connectivity index (χ0n) is 12.0. The van der Waals surface area contributed by atoms with E-state index in [-0.39, 0.29) is 11.8 Å². The first-order valence-electron chi connectivity index (χ1n) is 7.12. The van der Waals surface area contributed by atoms with Gasteiger partial charge in [0, 0.05) is 18.7 Å². The van der Waals surface area contributed by atoms with E-state index in [4.69, 9.17) is 0 Å². The van der Waals surface area contributed by atoms with Crippen LogP contribution in [0.1, 0.15) is 36.2 Å². The molecule has 2 unspecified atom stereocenters. The fourth-order valence-electron chi connectivity index (χ4n) is 2.90. The molecule has 1 amide bonds. The summed E-state index contributed by atoms with van der Waals surface area (Å²) in [6.45, 7) is 4.98. The zero-order chi connectivity index (χ0) is 14.7. The number of aryl methyl sites for hydroxylation is 1. The SMILES string of the molecule is CCc1ccccc1C(=O)N1CC(C)CC(C(=O)O)C1. The van der Waals surface area contributed by atoms with Gasteiger partial charge in [0.2, 0.25) is 0 Å². The summed E-state index contributed by atoms with van der Waals surface area (Å²) in [6.07, 6.45) is 1.45. The van der Waals surface area contributed by atoms with E-state index in [1.54, 1.807) is 4.90 Å². The molecule has 108 valence electrons. The van der Waals surface area contributed by atoms with Crippen molar-refractivity contribution in [1.82, 2.24) is 4.90 Å². The zero-order valence-corrected chi connectivity index (χ0v) is 12.0. The van der Waals surface area contributed by atoms with Crippen LogP contribution in [0.3, 0.4) is 0 Å². The quantitative estimate of drug-likeness (QED) is 0.921. The van der Waals surface area contributed by atoms with Crippen LogP contribution in [-0.4, -0.2) is 35.0 Å². The van der Waals surface area contributed by atoms with Crippen LogP contribution < -0.4 is 0 Å². The average Bonchev–Trinajstić information content (AvgIpc) is 2.45. The number of hydrogen-bond donors (Lipinski definition) is 1. The molecule has 1 N–H and O–H groups in total. The van der Waals surface area contributed by atoms with Crippen LogP contribution in [0.5, 0.6) is 0 Å². The maximum absolute atomic E-state index is 12.6. The van der Waals surface area contributed by atoms with Gasteiger partial charge in [-0.15, -0.1) is 0 Å². The Morgan fingerprint density at radius 3 is 2.65 bits per heavy atom. The predicted octanol–water partition coefficient (Wildman–Crippen LogP) is 2.43. The smallest absolute Gasteiger partial charge is 0.308 e. The molecule has 2 rings (SSSR count). The maximum Gasteiger partial charge on any atom is 0.308 e. The molecule has 1 heterocycles. The first-order chi connectivity index (χ1) is 9.52. The number of carboxylic acids is 1. The summed E-state index contributed by atoms with van der Waals surface area (Å²) in [7, 11) is 0. The molecule has 0 spiro atoms. The summed E-state index contributed by atoms with van der Waals surface area (Å²) in [5, 5.41) is 9.19. The summed E-state index contributed by atoms with van der Waals surface area (Å²) >= 11 is 0. The van der Waals surface area contributed by atoms with Crippen molar-refractivity contribution in [3.05, 3.63) is 35.4 Å². The van der Waals surface area contributed by atoms with Gasteiger partial charge in [0.15, 0.2) is 0 Å². The average molecular weight is 275 g/mol. The van der Waals surface area contributed by atoms with E-state index in [0.717, 1.165) is 12.0 Å². The molecule has 0 aromatic heterocycles. The highest BCUT2D eigenvalue weighted by Crippen LogP contribution is 2.24. The Hall–Kier alpha value is -1.84. The van der Waals surface area contributed by atoms with Crippen molar-refractivity contribution in [1.29, 1.82) is 0 Å². The minimum Gasteiger partial charge on any atom is -0.481 e. The minimum atomic E-state index is -0.807. The molecule has 4 nitrogen and oxygen atoms in total. The highest BCUT2D eigenvalue weighted by atomic mass is 16.4. The van der Waals surface area contributed by atoms with Gasteiger partial charge in [0.25, 0.3) is 5.91 Å². The molecule has 20 heavy (non-hydrogen) atoms. The third-order valence-corrected chi connectivity index (χ3v) is 3.92. The van der Waals surface area contributed by atoms with Crippen LogP contribution in [0.4, 0.5) is 0 Å². The number of carboxylic acid groups (broad SMARTS) is 1. The molecule has 1 aliphatic rings. The van der Waals surface area contributed by atoms with E-state index in [2.05, 4.69) is 0 Å². The van der Waals surface area contributed by atoms with Gasteiger partial charge < -0.3 is 10.0 Å².